The number of carbonyl (C=O) groups excluding carboxylic acids is 1. The number of hydrogen-bond donors (Lipinski definition) is 0. The number of aliphatic imine (C=N–C) groups is 2. The Bertz CT molecular complexity index is 436. The van der Waals surface area contributed by atoms with Crippen LogP contribution in [0.1, 0.15) is 17.3 Å². The summed E-state index contributed by atoms with van der Waals surface area (Å²) in [6.07, 6.45) is 3.60. The summed E-state index contributed by atoms with van der Waals surface area (Å²) in [5, 5.41) is 0. The minimum absolute atomic E-state index is 0.571. The molecule has 0 radical (unpaired) electrons. The van der Waals surface area contributed by atoms with Gasteiger partial charge in [0.05, 0.1) is 6.20 Å². The van der Waals surface area contributed by atoms with E-state index in [9.17, 15) is 4.79 Å². The van der Waals surface area contributed by atoms with Crippen LogP contribution < -0.4 is 4.74 Å². The first kappa shape index (κ1) is 11.8. The normalized spacial score (nSPS) is 11.4. The Morgan fingerprint density at radius 3 is 3.00 bits per heavy atom. The minimum Gasteiger partial charge on any atom is -0.460 e. The highest BCUT2D eigenvalue weighted by Gasteiger charge is 1.96. The zero-order chi connectivity index (χ0) is 11.8. The summed E-state index contributed by atoms with van der Waals surface area (Å²) in [7, 11) is 0. The van der Waals surface area contributed by atoms with Crippen LogP contribution in [0, 0.1) is 0 Å². The van der Waals surface area contributed by atoms with E-state index in [1.165, 1.54) is 12.5 Å². The van der Waals surface area contributed by atoms with Crippen molar-refractivity contribution < 1.29 is 9.53 Å². The lowest BCUT2D eigenvalue weighted by Gasteiger charge is -2.04. The molecule has 0 saturated heterocycles. The van der Waals surface area contributed by atoms with Gasteiger partial charge in [-0.05, 0) is 25.8 Å². The molecule has 0 heterocycles. The van der Waals surface area contributed by atoms with E-state index in [2.05, 4.69) is 16.7 Å². The van der Waals surface area contributed by atoms with Crippen LogP contribution >= 0.6 is 0 Å². The van der Waals surface area contributed by atoms with Gasteiger partial charge >= 0.3 is 0 Å². The lowest BCUT2D eigenvalue weighted by molar-refractivity contribution is 0.112. The number of nitrogens with zero attached hydrogens (tertiary/aromatic N) is 2. The summed E-state index contributed by atoms with van der Waals surface area (Å²) < 4.78 is 5.43. The van der Waals surface area contributed by atoms with Crippen molar-refractivity contribution in [3.8, 4) is 5.75 Å². The van der Waals surface area contributed by atoms with Crippen molar-refractivity contribution >= 4 is 19.3 Å². The molecule has 0 aliphatic heterocycles. The van der Waals surface area contributed by atoms with E-state index < -0.39 is 0 Å². The van der Waals surface area contributed by atoms with E-state index in [-0.39, 0.29) is 0 Å². The summed E-state index contributed by atoms with van der Waals surface area (Å²) in [4.78, 5) is 17.8. The molecular formula is C12H12N2O2. The van der Waals surface area contributed by atoms with Crippen molar-refractivity contribution in [1.29, 1.82) is 0 Å². The average Bonchev–Trinajstić information content (AvgIpc) is 2.29. The molecule has 4 nitrogen and oxygen atoms in total. The number of ether oxygens (including phenoxy) is 1. The second-order valence-electron chi connectivity index (χ2n) is 2.98. The van der Waals surface area contributed by atoms with Gasteiger partial charge in [0, 0.05) is 5.56 Å². The van der Waals surface area contributed by atoms with Gasteiger partial charge in [0.1, 0.15) is 24.1 Å². The Labute approximate surface area is 94.0 Å². The van der Waals surface area contributed by atoms with E-state index in [1.807, 2.05) is 0 Å². The van der Waals surface area contributed by atoms with Crippen LogP contribution in [0.15, 0.2) is 46.2 Å². The van der Waals surface area contributed by atoms with Gasteiger partial charge < -0.3 is 4.74 Å². The Morgan fingerprint density at radius 1 is 1.50 bits per heavy atom. The maximum atomic E-state index is 10.5. The lowest BCUT2D eigenvalue weighted by atomic mass is 10.2. The van der Waals surface area contributed by atoms with Crippen LogP contribution in [0.2, 0.25) is 0 Å². The van der Waals surface area contributed by atoms with Crippen LogP contribution in [-0.2, 0) is 0 Å². The average molecular weight is 216 g/mol. The first-order valence-electron chi connectivity index (χ1n) is 4.63. The molecule has 1 aromatic carbocycles. The highest BCUT2D eigenvalue weighted by Crippen LogP contribution is 2.14. The molecule has 0 N–H and O–H groups in total. The number of rotatable bonds is 5. The maximum Gasteiger partial charge on any atom is 0.150 e. The lowest BCUT2D eigenvalue weighted by Crippen LogP contribution is -1.91. The Morgan fingerprint density at radius 2 is 2.31 bits per heavy atom. The van der Waals surface area contributed by atoms with E-state index in [4.69, 9.17) is 4.74 Å². The summed E-state index contributed by atoms with van der Waals surface area (Å²) in [5.41, 5.74) is 0.571. The monoisotopic (exact) mass is 216 g/mol. The van der Waals surface area contributed by atoms with Crippen molar-refractivity contribution in [2.24, 2.45) is 9.98 Å². The largest absolute Gasteiger partial charge is 0.460 e. The van der Waals surface area contributed by atoms with E-state index in [0.29, 0.717) is 17.1 Å². The summed E-state index contributed by atoms with van der Waals surface area (Å²) >= 11 is 0. The van der Waals surface area contributed by atoms with E-state index in [0.717, 1.165) is 6.29 Å². The third-order valence-electron chi connectivity index (χ3n) is 1.68. The van der Waals surface area contributed by atoms with Gasteiger partial charge in [0.15, 0.2) is 0 Å². The van der Waals surface area contributed by atoms with Crippen molar-refractivity contribution in [2.75, 3.05) is 0 Å². The molecule has 0 bridgehead atoms. The zero-order valence-corrected chi connectivity index (χ0v) is 8.96. The third kappa shape index (κ3) is 3.88. The van der Waals surface area contributed by atoms with Gasteiger partial charge in [0.2, 0.25) is 0 Å². The Hall–Kier alpha value is -2.23. The molecule has 0 aliphatic rings. The summed E-state index contributed by atoms with van der Waals surface area (Å²) in [6, 6.07) is 6.87. The predicted molar refractivity (Wildman–Crippen MR) is 64.3 cm³/mol. The van der Waals surface area contributed by atoms with Crippen LogP contribution in [0.3, 0.4) is 0 Å². The molecule has 1 aromatic rings. The standard InChI is InChI=1S/C12H12N2O2/c1-10(7-14-9-13-2)16-12-5-3-4-11(6-12)8-15/h3-9H,2H2,1H3/b10-7+,14-9?. The Balaban J connectivity index is 2.72. The van der Waals surface area contributed by atoms with Crippen molar-refractivity contribution in [2.45, 2.75) is 6.92 Å². The van der Waals surface area contributed by atoms with Crippen molar-refractivity contribution in [3.63, 3.8) is 0 Å². The maximum absolute atomic E-state index is 10.5. The van der Waals surface area contributed by atoms with Gasteiger partial charge in [-0.15, -0.1) is 0 Å². The SMILES string of the molecule is C=NC=N/C=C(\C)Oc1cccc(C=O)c1. The summed E-state index contributed by atoms with van der Waals surface area (Å²) in [6.45, 7) is 5.01. The molecule has 0 aliphatic carbocycles. The number of hydrogen-bond acceptors (Lipinski definition) is 3. The fraction of sp³-hybridized carbons (Fsp3) is 0.0833. The second-order valence-corrected chi connectivity index (χ2v) is 2.98. The molecule has 0 fully saturated rings. The van der Waals surface area contributed by atoms with Crippen LogP contribution in [-0.4, -0.2) is 19.3 Å². The quantitative estimate of drug-likeness (QED) is 0.328. The first-order chi connectivity index (χ1) is 7.76. The molecule has 0 saturated carbocycles. The second kappa shape index (κ2) is 6.29. The van der Waals surface area contributed by atoms with Crippen LogP contribution in [0.5, 0.6) is 5.75 Å². The molecule has 0 atom stereocenters. The molecular weight excluding hydrogens is 204 g/mol. The van der Waals surface area contributed by atoms with Gasteiger partial charge in [-0.25, -0.2) is 4.99 Å². The smallest absolute Gasteiger partial charge is 0.150 e. The molecule has 4 heteroatoms. The van der Waals surface area contributed by atoms with Crippen LogP contribution in [0.25, 0.3) is 0 Å². The fourth-order valence-electron chi connectivity index (χ4n) is 1.05. The topological polar surface area (TPSA) is 51.0 Å². The number of carbonyl (C=O) groups is 1. The molecule has 0 amide bonds. The molecule has 0 aromatic heterocycles. The van der Waals surface area contributed by atoms with Gasteiger partial charge in [-0.2, -0.15) is 0 Å². The predicted octanol–water partition coefficient (Wildman–Crippen LogP) is 2.47. The highest BCUT2D eigenvalue weighted by atomic mass is 16.5. The van der Waals surface area contributed by atoms with E-state index in [1.54, 1.807) is 31.2 Å². The molecule has 16 heavy (non-hydrogen) atoms. The molecule has 82 valence electrons. The number of benzene rings is 1. The van der Waals surface area contributed by atoms with Crippen molar-refractivity contribution in [3.05, 3.63) is 41.8 Å². The zero-order valence-electron chi connectivity index (χ0n) is 8.96. The van der Waals surface area contributed by atoms with Gasteiger partial charge in [0.25, 0.3) is 0 Å². The van der Waals surface area contributed by atoms with Crippen molar-refractivity contribution in [1.82, 2.24) is 0 Å². The third-order valence-corrected chi connectivity index (χ3v) is 1.68. The molecule has 0 spiro atoms. The highest BCUT2D eigenvalue weighted by molar-refractivity contribution is 5.75. The van der Waals surface area contributed by atoms with Gasteiger partial charge in [-0.3, -0.25) is 9.79 Å². The first-order valence-corrected chi connectivity index (χ1v) is 4.63. The molecule has 0 unspecified atom stereocenters. The number of aldehydes is 1. The van der Waals surface area contributed by atoms with Gasteiger partial charge in [-0.1, -0.05) is 12.1 Å². The Kier molecular flexibility index (Phi) is 4.66. The van der Waals surface area contributed by atoms with E-state index >= 15 is 0 Å². The minimum atomic E-state index is 0.571. The van der Waals surface area contributed by atoms with Crippen LogP contribution in [0.4, 0.5) is 0 Å². The fourth-order valence-corrected chi connectivity index (χ4v) is 1.05. The summed E-state index contributed by atoms with van der Waals surface area (Å²) in [5.74, 6) is 1.20. The number of allylic oxidation sites excluding steroid dienone is 1. The molecule has 1 rings (SSSR count).